The van der Waals surface area contributed by atoms with Gasteiger partial charge in [0, 0.05) is 11.8 Å². The Hall–Kier alpha value is -1.96. The number of hydrogen-bond donors (Lipinski definition) is 0. The van der Waals surface area contributed by atoms with E-state index in [9.17, 15) is 4.39 Å². The average molecular weight is 395 g/mol. The summed E-state index contributed by atoms with van der Waals surface area (Å²) < 4.78 is 21.3. The Kier molecular flexibility index (Phi) is 3.87. The zero-order valence-corrected chi connectivity index (χ0v) is 13.3. The molecule has 0 amide bonds. The van der Waals surface area contributed by atoms with E-state index in [0.717, 1.165) is 20.6 Å². The van der Waals surface area contributed by atoms with E-state index < -0.39 is 5.82 Å². The highest BCUT2D eigenvalue weighted by Gasteiger charge is 2.14. The summed E-state index contributed by atoms with van der Waals surface area (Å²) in [6.45, 7) is 0. The highest BCUT2D eigenvalue weighted by atomic mass is 127. The molecule has 6 heteroatoms. The van der Waals surface area contributed by atoms with Crippen molar-refractivity contribution in [2.75, 3.05) is 7.11 Å². The molecule has 0 aliphatic carbocycles. The molecular formula is C15H11FIN3O. The lowest BCUT2D eigenvalue weighted by atomic mass is 10.1. The highest BCUT2D eigenvalue weighted by molar-refractivity contribution is 14.1. The van der Waals surface area contributed by atoms with Gasteiger partial charge in [-0.3, -0.25) is 0 Å². The van der Waals surface area contributed by atoms with Gasteiger partial charge in [-0.25, -0.2) is 14.1 Å². The summed E-state index contributed by atoms with van der Waals surface area (Å²) in [5.74, 6) is 0.582. The summed E-state index contributed by atoms with van der Waals surface area (Å²) in [5.41, 5.74) is 1.91. The van der Waals surface area contributed by atoms with Gasteiger partial charge in [0.2, 0.25) is 0 Å². The number of hydrogen-bond acceptors (Lipinski definition) is 3. The van der Waals surface area contributed by atoms with Gasteiger partial charge in [-0.2, -0.15) is 5.10 Å². The first-order valence-corrected chi connectivity index (χ1v) is 7.27. The number of nitrogens with zero attached hydrogens (tertiary/aromatic N) is 3. The second-order valence-corrected chi connectivity index (χ2v) is 5.32. The van der Waals surface area contributed by atoms with Crippen molar-refractivity contribution in [2.24, 2.45) is 0 Å². The van der Waals surface area contributed by atoms with Crippen LogP contribution in [-0.2, 0) is 0 Å². The van der Waals surface area contributed by atoms with Crippen LogP contribution in [0.3, 0.4) is 0 Å². The van der Waals surface area contributed by atoms with Crippen molar-refractivity contribution in [3.63, 3.8) is 0 Å². The van der Waals surface area contributed by atoms with Crippen molar-refractivity contribution in [3.8, 4) is 22.7 Å². The summed E-state index contributed by atoms with van der Waals surface area (Å²) in [5, 5.41) is 4.24. The molecule has 2 aromatic heterocycles. The summed E-state index contributed by atoms with van der Waals surface area (Å²) in [4.78, 5) is 4.04. The minimum Gasteiger partial charge on any atom is -0.497 e. The molecule has 0 bridgehead atoms. The van der Waals surface area contributed by atoms with Crippen molar-refractivity contribution in [2.45, 2.75) is 0 Å². The molecule has 0 aliphatic heterocycles. The van der Waals surface area contributed by atoms with Gasteiger partial charge in [-0.05, 0) is 52.4 Å². The van der Waals surface area contributed by atoms with E-state index in [2.05, 4.69) is 32.7 Å². The zero-order chi connectivity index (χ0) is 14.8. The molecule has 2 heterocycles. The number of pyridine rings is 1. The summed E-state index contributed by atoms with van der Waals surface area (Å²) >= 11 is 2.14. The Labute approximate surface area is 134 Å². The molecule has 0 spiro atoms. The molecule has 3 aromatic rings. The minimum absolute atomic E-state index is 0.196. The van der Waals surface area contributed by atoms with Crippen LogP contribution >= 0.6 is 22.6 Å². The molecule has 1 aromatic carbocycles. The van der Waals surface area contributed by atoms with Gasteiger partial charge >= 0.3 is 0 Å². The quantitative estimate of drug-likeness (QED) is 0.636. The van der Waals surface area contributed by atoms with E-state index in [1.54, 1.807) is 25.6 Å². The number of methoxy groups -OCH3 is 1. The van der Waals surface area contributed by atoms with Gasteiger partial charge in [-0.15, -0.1) is 0 Å². The molecule has 0 fully saturated rings. The molecule has 0 aliphatic rings. The average Bonchev–Trinajstić information content (AvgIpc) is 2.89. The number of benzene rings is 1. The Morgan fingerprint density at radius 3 is 2.62 bits per heavy atom. The van der Waals surface area contributed by atoms with E-state index in [4.69, 9.17) is 4.74 Å². The van der Waals surface area contributed by atoms with Gasteiger partial charge in [0.25, 0.3) is 0 Å². The fourth-order valence-electron chi connectivity index (χ4n) is 1.98. The van der Waals surface area contributed by atoms with Gasteiger partial charge in [0.1, 0.15) is 9.45 Å². The number of aromatic nitrogens is 3. The maximum atomic E-state index is 13.8. The smallest absolute Gasteiger partial charge is 0.190 e. The third kappa shape index (κ3) is 2.63. The minimum atomic E-state index is -0.403. The second-order valence-electron chi connectivity index (χ2n) is 4.30. The lowest BCUT2D eigenvalue weighted by Crippen LogP contribution is -2.04. The summed E-state index contributed by atoms with van der Waals surface area (Å²) in [6.07, 6.45) is 3.25. The molecule has 0 saturated heterocycles. The van der Waals surface area contributed by atoms with Crippen LogP contribution in [0.2, 0.25) is 0 Å². The van der Waals surface area contributed by atoms with E-state index in [1.807, 2.05) is 24.3 Å². The molecule has 0 N–H and O–H groups in total. The molecule has 0 saturated carbocycles. The monoisotopic (exact) mass is 395 g/mol. The van der Waals surface area contributed by atoms with E-state index in [0.29, 0.717) is 0 Å². The van der Waals surface area contributed by atoms with Crippen LogP contribution in [0, 0.1) is 9.52 Å². The van der Waals surface area contributed by atoms with Crippen LogP contribution in [0.5, 0.6) is 5.75 Å². The first-order valence-electron chi connectivity index (χ1n) is 6.19. The van der Waals surface area contributed by atoms with Crippen LogP contribution in [0.1, 0.15) is 0 Å². The largest absolute Gasteiger partial charge is 0.497 e. The Morgan fingerprint density at radius 1 is 1.19 bits per heavy atom. The van der Waals surface area contributed by atoms with Crippen molar-refractivity contribution >= 4 is 22.6 Å². The SMILES string of the molecule is COc1ccc(-c2cnn(-c3ncccc3F)c2I)cc1. The number of ether oxygens (including phenoxy) is 1. The zero-order valence-electron chi connectivity index (χ0n) is 11.1. The number of rotatable bonds is 3. The lowest BCUT2D eigenvalue weighted by molar-refractivity contribution is 0.415. The molecular weight excluding hydrogens is 384 g/mol. The van der Waals surface area contributed by atoms with E-state index in [1.165, 1.54) is 10.7 Å². The molecule has 0 radical (unpaired) electrons. The Balaban J connectivity index is 2.05. The topological polar surface area (TPSA) is 39.9 Å². The molecule has 0 unspecified atom stereocenters. The third-order valence-corrected chi connectivity index (χ3v) is 4.09. The predicted octanol–water partition coefficient (Wildman–Crippen LogP) is 3.69. The third-order valence-electron chi connectivity index (χ3n) is 3.05. The fourth-order valence-corrected chi connectivity index (χ4v) is 2.78. The van der Waals surface area contributed by atoms with Gasteiger partial charge in [0.05, 0.1) is 13.3 Å². The first-order chi connectivity index (χ1) is 10.2. The Bertz CT molecular complexity index is 771. The van der Waals surface area contributed by atoms with Crippen molar-refractivity contribution in [1.82, 2.24) is 14.8 Å². The van der Waals surface area contributed by atoms with Crippen LogP contribution in [0.4, 0.5) is 4.39 Å². The van der Waals surface area contributed by atoms with E-state index in [-0.39, 0.29) is 5.82 Å². The van der Waals surface area contributed by atoms with Gasteiger partial charge < -0.3 is 4.74 Å². The maximum absolute atomic E-state index is 13.8. The maximum Gasteiger partial charge on any atom is 0.190 e. The number of halogens is 2. The highest BCUT2D eigenvalue weighted by Crippen LogP contribution is 2.28. The molecule has 4 nitrogen and oxygen atoms in total. The molecule has 106 valence electrons. The van der Waals surface area contributed by atoms with Crippen LogP contribution < -0.4 is 4.74 Å². The standard InChI is InChI=1S/C15H11FIN3O/c1-21-11-6-4-10(5-7-11)12-9-19-20(14(12)17)15-13(16)3-2-8-18-15/h2-9H,1H3. The molecule has 0 atom stereocenters. The molecule has 21 heavy (non-hydrogen) atoms. The van der Waals surface area contributed by atoms with Gasteiger partial charge in [0.15, 0.2) is 11.6 Å². The predicted molar refractivity (Wildman–Crippen MR) is 86.0 cm³/mol. The van der Waals surface area contributed by atoms with Crippen molar-refractivity contribution in [1.29, 1.82) is 0 Å². The van der Waals surface area contributed by atoms with Crippen LogP contribution in [-0.4, -0.2) is 21.9 Å². The van der Waals surface area contributed by atoms with Crippen molar-refractivity contribution in [3.05, 3.63) is 58.3 Å². The first kappa shape index (κ1) is 14.0. The van der Waals surface area contributed by atoms with E-state index >= 15 is 0 Å². The summed E-state index contributed by atoms with van der Waals surface area (Å²) in [6, 6.07) is 10.6. The normalized spacial score (nSPS) is 10.6. The Morgan fingerprint density at radius 2 is 1.95 bits per heavy atom. The lowest BCUT2D eigenvalue weighted by Gasteiger charge is -2.05. The molecule has 3 rings (SSSR count). The van der Waals surface area contributed by atoms with Gasteiger partial charge in [-0.1, -0.05) is 12.1 Å². The van der Waals surface area contributed by atoms with Crippen LogP contribution in [0.25, 0.3) is 16.9 Å². The van der Waals surface area contributed by atoms with Crippen LogP contribution in [0.15, 0.2) is 48.8 Å². The fraction of sp³-hybridized carbons (Fsp3) is 0.0667. The second kappa shape index (κ2) is 5.80. The summed E-state index contributed by atoms with van der Waals surface area (Å²) in [7, 11) is 1.63. The van der Waals surface area contributed by atoms with Crippen molar-refractivity contribution < 1.29 is 9.13 Å².